The second-order valence-electron chi connectivity index (χ2n) is 3.30. The summed E-state index contributed by atoms with van der Waals surface area (Å²) >= 11 is 0. The van der Waals surface area contributed by atoms with Crippen LogP contribution in [0.4, 0.5) is 4.39 Å². The Morgan fingerprint density at radius 1 is 1.56 bits per heavy atom. The van der Waals surface area contributed by atoms with Crippen molar-refractivity contribution in [3.63, 3.8) is 0 Å². The number of hydrogen-bond acceptors (Lipinski definition) is 4. The van der Waals surface area contributed by atoms with Crippen molar-refractivity contribution in [3.05, 3.63) is 23.7 Å². The van der Waals surface area contributed by atoms with Gasteiger partial charge in [-0.1, -0.05) is 0 Å². The molecule has 0 aliphatic heterocycles. The van der Waals surface area contributed by atoms with E-state index in [1.54, 1.807) is 14.1 Å². The highest BCUT2D eigenvalue weighted by molar-refractivity contribution is 6.10. The molecule has 90 valence electrons. The minimum atomic E-state index is -0.291. The lowest BCUT2D eigenvalue weighted by molar-refractivity contribution is -0.124. The fourth-order valence-corrected chi connectivity index (χ4v) is 0.871. The van der Waals surface area contributed by atoms with Crippen molar-refractivity contribution in [1.82, 2.24) is 10.2 Å². The van der Waals surface area contributed by atoms with Gasteiger partial charge in [0.05, 0.1) is 11.9 Å². The number of nitrogens with two attached hydrogens (primary N) is 1. The largest absolute Gasteiger partial charge is 0.386 e. The van der Waals surface area contributed by atoms with Crippen LogP contribution in [0.25, 0.3) is 0 Å². The van der Waals surface area contributed by atoms with Crippen LogP contribution in [-0.4, -0.2) is 44.2 Å². The Hall–Kier alpha value is -1.69. The van der Waals surface area contributed by atoms with E-state index in [2.05, 4.69) is 5.32 Å². The molecule has 5 nitrogen and oxygen atoms in total. The van der Waals surface area contributed by atoms with Crippen molar-refractivity contribution in [2.75, 3.05) is 27.2 Å². The van der Waals surface area contributed by atoms with Gasteiger partial charge in [0.25, 0.3) is 5.91 Å². The van der Waals surface area contributed by atoms with Crippen LogP contribution in [0.5, 0.6) is 0 Å². The van der Waals surface area contributed by atoms with Crippen molar-refractivity contribution in [3.8, 4) is 0 Å². The fraction of sp³-hybridized carbons (Fsp3) is 0.400. The molecule has 0 bridgehead atoms. The quantitative estimate of drug-likeness (QED) is 0.442. The molecule has 6 heteroatoms. The Kier molecular flexibility index (Phi) is 6.78. The Labute approximate surface area is 94.3 Å². The molecule has 0 aromatic rings. The van der Waals surface area contributed by atoms with Crippen LogP contribution >= 0.6 is 0 Å². The molecule has 0 aromatic heterocycles. The Balaban J connectivity index is 4.39. The van der Waals surface area contributed by atoms with Gasteiger partial charge in [-0.15, -0.1) is 0 Å². The molecule has 0 saturated heterocycles. The summed E-state index contributed by atoms with van der Waals surface area (Å²) in [6, 6.07) is 0. The van der Waals surface area contributed by atoms with Gasteiger partial charge in [-0.25, -0.2) is 4.39 Å². The number of hydrogen-bond donors (Lipinski definition) is 3. The first-order valence-electron chi connectivity index (χ1n) is 4.70. The van der Waals surface area contributed by atoms with Gasteiger partial charge in [-0.3, -0.25) is 4.79 Å². The van der Waals surface area contributed by atoms with Crippen LogP contribution < -0.4 is 11.1 Å². The fourth-order valence-electron chi connectivity index (χ4n) is 0.871. The first-order valence-corrected chi connectivity index (χ1v) is 4.70. The topological polar surface area (TPSA) is 82.2 Å². The molecule has 16 heavy (non-hydrogen) atoms. The number of nitrogens with one attached hydrogen (secondary N) is 2. The molecule has 0 heterocycles. The van der Waals surface area contributed by atoms with E-state index < -0.39 is 0 Å². The maximum Gasteiger partial charge on any atom is 0.256 e. The van der Waals surface area contributed by atoms with E-state index in [-0.39, 0.29) is 24.6 Å². The van der Waals surface area contributed by atoms with Crippen LogP contribution in [0, 0.1) is 5.41 Å². The van der Waals surface area contributed by atoms with Crippen molar-refractivity contribution >= 4 is 12.1 Å². The van der Waals surface area contributed by atoms with Crippen molar-refractivity contribution in [1.29, 1.82) is 5.41 Å². The van der Waals surface area contributed by atoms with Crippen LogP contribution in [0.3, 0.4) is 0 Å². The predicted molar refractivity (Wildman–Crippen MR) is 61.8 cm³/mol. The number of carbonyl (C=O) groups excluding carboxylic acids is 1. The van der Waals surface area contributed by atoms with Gasteiger partial charge >= 0.3 is 0 Å². The standard InChI is InChI=1S/C10H17FN4O/c1-15(2)10(16)9(5-13)7-14-6-8(3-11)4-12/h3,5,7,13-14H,4,6,12H2,1-2H3/b8-3+,9-7+,13-5?. The zero-order valence-corrected chi connectivity index (χ0v) is 9.46. The molecule has 0 atom stereocenters. The third-order valence-electron chi connectivity index (χ3n) is 1.81. The highest BCUT2D eigenvalue weighted by Crippen LogP contribution is 1.95. The van der Waals surface area contributed by atoms with E-state index in [0.29, 0.717) is 11.9 Å². The minimum Gasteiger partial charge on any atom is -0.386 e. The molecule has 0 unspecified atom stereocenters. The predicted octanol–water partition coefficient (Wildman–Crippen LogP) is 0.00977. The summed E-state index contributed by atoms with van der Waals surface area (Å²) in [6.45, 7) is 0.323. The Bertz CT molecular complexity index is 310. The van der Waals surface area contributed by atoms with E-state index in [1.165, 1.54) is 11.1 Å². The molecule has 0 radical (unpaired) electrons. The van der Waals surface area contributed by atoms with Crippen LogP contribution in [0.1, 0.15) is 0 Å². The second-order valence-corrected chi connectivity index (χ2v) is 3.30. The van der Waals surface area contributed by atoms with E-state index in [4.69, 9.17) is 11.1 Å². The molecule has 0 saturated carbocycles. The van der Waals surface area contributed by atoms with Crippen LogP contribution in [0.2, 0.25) is 0 Å². The third-order valence-corrected chi connectivity index (χ3v) is 1.81. The smallest absolute Gasteiger partial charge is 0.256 e. The summed E-state index contributed by atoms with van der Waals surface area (Å²) in [4.78, 5) is 12.8. The lowest BCUT2D eigenvalue weighted by atomic mass is 10.2. The molecule has 0 rings (SSSR count). The van der Waals surface area contributed by atoms with Gasteiger partial charge in [-0.05, 0) is 5.57 Å². The molecule has 4 N–H and O–H groups in total. The number of halogens is 1. The van der Waals surface area contributed by atoms with Crippen molar-refractivity contribution in [2.24, 2.45) is 5.73 Å². The Morgan fingerprint density at radius 3 is 2.56 bits per heavy atom. The second kappa shape index (κ2) is 7.58. The summed E-state index contributed by atoms with van der Waals surface area (Å²) in [7, 11) is 3.18. The zero-order chi connectivity index (χ0) is 12.6. The number of likely N-dealkylation sites (N-methyl/N-ethyl adjacent to an activating group) is 1. The number of carbonyl (C=O) groups is 1. The molecule has 0 aliphatic rings. The van der Waals surface area contributed by atoms with E-state index >= 15 is 0 Å². The maximum absolute atomic E-state index is 12.1. The zero-order valence-electron chi connectivity index (χ0n) is 9.46. The van der Waals surface area contributed by atoms with Gasteiger partial charge in [-0.2, -0.15) is 0 Å². The average molecular weight is 228 g/mol. The van der Waals surface area contributed by atoms with Crippen molar-refractivity contribution in [2.45, 2.75) is 0 Å². The highest BCUT2D eigenvalue weighted by atomic mass is 19.1. The SMILES string of the molecule is CN(C)C(=O)/C(C=N)=C/NC/C(=C/F)CN. The molecule has 0 spiro atoms. The summed E-state index contributed by atoms with van der Waals surface area (Å²) in [5.74, 6) is -0.291. The number of amides is 1. The van der Waals surface area contributed by atoms with Crippen LogP contribution in [0.15, 0.2) is 23.7 Å². The van der Waals surface area contributed by atoms with Gasteiger partial charge in [0.15, 0.2) is 0 Å². The molecular formula is C10H17FN4O. The molecule has 1 amide bonds. The molecule has 0 aliphatic carbocycles. The number of rotatable bonds is 6. The summed E-state index contributed by atoms with van der Waals surface area (Å²) in [5.41, 5.74) is 5.83. The van der Waals surface area contributed by atoms with E-state index in [9.17, 15) is 9.18 Å². The molecule has 0 fully saturated rings. The Morgan fingerprint density at radius 2 is 2.19 bits per heavy atom. The van der Waals surface area contributed by atoms with E-state index in [0.717, 1.165) is 6.21 Å². The van der Waals surface area contributed by atoms with Crippen molar-refractivity contribution < 1.29 is 9.18 Å². The lowest BCUT2D eigenvalue weighted by Gasteiger charge is -2.10. The van der Waals surface area contributed by atoms with E-state index in [1.807, 2.05) is 0 Å². The minimum absolute atomic E-state index is 0.110. The lowest BCUT2D eigenvalue weighted by Crippen LogP contribution is -2.26. The molecular weight excluding hydrogens is 211 g/mol. The highest BCUT2D eigenvalue weighted by Gasteiger charge is 2.08. The van der Waals surface area contributed by atoms with Gasteiger partial charge in [0.2, 0.25) is 0 Å². The first kappa shape index (κ1) is 14.3. The maximum atomic E-state index is 12.1. The average Bonchev–Trinajstić information content (AvgIpc) is 2.28. The summed E-state index contributed by atoms with van der Waals surface area (Å²) in [5, 5.41) is 9.79. The normalized spacial score (nSPS) is 12.2. The van der Waals surface area contributed by atoms with Crippen LogP contribution in [-0.2, 0) is 4.79 Å². The van der Waals surface area contributed by atoms with Gasteiger partial charge < -0.3 is 21.4 Å². The van der Waals surface area contributed by atoms with Gasteiger partial charge in [0, 0.05) is 39.6 Å². The first-order chi connectivity index (χ1) is 7.56. The number of nitrogens with zero attached hydrogens (tertiary/aromatic N) is 1. The third kappa shape index (κ3) is 4.70. The summed E-state index contributed by atoms with van der Waals surface area (Å²) in [6.07, 6.45) is 2.74. The van der Waals surface area contributed by atoms with Gasteiger partial charge in [0.1, 0.15) is 0 Å². The monoisotopic (exact) mass is 228 g/mol. The summed E-state index contributed by atoms with van der Waals surface area (Å²) < 4.78 is 12.1. The molecule has 0 aromatic carbocycles.